The van der Waals surface area contributed by atoms with Crippen molar-refractivity contribution in [1.29, 1.82) is 5.26 Å². The van der Waals surface area contributed by atoms with Crippen molar-refractivity contribution in [2.45, 2.75) is 18.2 Å². The van der Waals surface area contributed by atoms with Crippen molar-refractivity contribution in [3.8, 4) is 6.07 Å². The molecule has 1 aromatic carbocycles. The molecule has 0 atom stereocenters. The first kappa shape index (κ1) is 14.4. The fourth-order valence-electron chi connectivity index (χ4n) is 1.88. The topological polar surface area (TPSA) is 66.5 Å². The molecule has 6 heteroatoms. The Balaban J connectivity index is 2.02. The second-order valence-electron chi connectivity index (χ2n) is 4.23. The van der Waals surface area contributed by atoms with Gasteiger partial charge in [0.2, 0.25) is 0 Å². The summed E-state index contributed by atoms with van der Waals surface area (Å²) in [6.07, 6.45) is 2.42. The third-order valence-corrected chi connectivity index (χ3v) is 3.69. The van der Waals surface area contributed by atoms with Gasteiger partial charge in [-0.3, -0.25) is 4.68 Å². The van der Waals surface area contributed by atoms with Crippen LogP contribution in [0, 0.1) is 11.3 Å². The Morgan fingerprint density at radius 3 is 2.95 bits per heavy atom. The average molecular weight is 287 g/mol. The number of nitrogens with zero attached hydrogens (tertiary/aromatic N) is 4. The summed E-state index contributed by atoms with van der Waals surface area (Å²) < 4.78 is 1.69. The van der Waals surface area contributed by atoms with Crippen LogP contribution in [0.3, 0.4) is 0 Å². The Kier molecular flexibility index (Phi) is 5.02. The van der Waals surface area contributed by atoms with Crippen molar-refractivity contribution in [2.75, 3.05) is 17.6 Å². The molecule has 0 fully saturated rings. The van der Waals surface area contributed by atoms with Crippen LogP contribution in [0.2, 0.25) is 0 Å². The molecule has 0 aliphatic rings. The Morgan fingerprint density at radius 2 is 2.30 bits per heavy atom. The van der Waals surface area contributed by atoms with Gasteiger partial charge in [-0.15, -0.1) is 11.8 Å². The number of nitriles is 1. The molecular formula is C14H17N5S. The third-order valence-electron chi connectivity index (χ3n) is 2.75. The van der Waals surface area contributed by atoms with Crippen LogP contribution in [0.1, 0.15) is 18.3 Å². The summed E-state index contributed by atoms with van der Waals surface area (Å²) in [7, 11) is 1.85. The Morgan fingerprint density at radius 1 is 1.45 bits per heavy atom. The fraction of sp³-hybridized carbons (Fsp3) is 0.357. The molecule has 2 aromatic rings. The normalized spacial score (nSPS) is 10.2. The summed E-state index contributed by atoms with van der Waals surface area (Å²) in [6.45, 7) is 2.79. The van der Waals surface area contributed by atoms with Crippen LogP contribution in [-0.4, -0.2) is 27.1 Å². The molecule has 0 aliphatic carbocycles. The molecule has 1 N–H and O–H groups in total. The van der Waals surface area contributed by atoms with E-state index in [1.54, 1.807) is 22.8 Å². The first-order valence-corrected chi connectivity index (χ1v) is 7.47. The summed E-state index contributed by atoms with van der Waals surface area (Å²) >= 11 is 1.68. The van der Waals surface area contributed by atoms with Gasteiger partial charge in [0.05, 0.1) is 11.3 Å². The molecule has 104 valence electrons. The van der Waals surface area contributed by atoms with Gasteiger partial charge in [0.15, 0.2) is 5.82 Å². The highest BCUT2D eigenvalue weighted by molar-refractivity contribution is 7.99. The van der Waals surface area contributed by atoms with Gasteiger partial charge in [0, 0.05) is 24.9 Å². The number of hydrogen-bond acceptors (Lipinski definition) is 5. The van der Waals surface area contributed by atoms with Crippen molar-refractivity contribution in [1.82, 2.24) is 14.8 Å². The zero-order valence-corrected chi connectivity index (χ0v) is 12.4. The summed E-state index contributed by atoms with van der Waals surface area (Å²) in [5.74, 6) is 1.76. The molecule has 0 aliphatic heterocycles. The quantitative estimate of drug-likeness (QED) is 0.827. The zero-order chi connectivity index (χ0) is 14.4. The molecule has 5 nitrogen and oxygen atoms in total. The molecule has 0 saturated carbocycles. The molecule has 1 heterocycles. The van der Waals surface area contributed by atoms with E-state index in [9.17, 15) is 5.26 Å². The van der Waals surface area contributed by atoms with Crippen LogP contribution in [0.15, 0.2) is 29.4 Å². The van der Waals surface area contributed by atoms with Gasteiger partial charge >= 0.3 is 0 Å². The summed E-state index contributed by atoms with van der Waals surface area (Å²) in [4.78, 5) is 5.20. The monoisotopic (exact) mass is 287 g/mol. The smallest absolute Gasteiger partial charge is 0.152 e. The van der Waals surface area contributed by atoms with Gasteiger partial charge in [-0.05, 0) is 17.9 Å². The fourth-order valence-corrected chi connectivity index (χ4v) is 2.66. The van der Waals surface area contributed by atoms with Gasteiger partial charge in [0.1, 0.15) is 12.4 Å². The van der Waals surface area contributed by atoms with Crippen LogP contribution in [0.25, 0.3) is 0 Å². The highest BCUT2D eigenvalue weighted by Crippen LogP contribution is 2.27. The van der Waals surface area contributed by atoms with Crippen molar-refractivity contribution in [2.24, 2.45) is 7.05 Å². The molecule has 0 bridgehead atoms. The van der Waals surface area contributed by atoms with Crippen LogP contribution in [0.5, 0.6) is 0 Å². The van der Waals surface area contributed by atoms with Gasteiger partial charge in [-0.2, -0.15) is 10.4 Å². The lowest BCUT2D eigenvalue weighted by atomic mass is 10.2. The molecule has 1 aromatic heterocycles. The predicted octanol–water partition coefficient (Wildman–Crippen LogP) is 2.45. The summed E-state index contributed by atoms with van der Waals surface area (Å²) in [5.41, 5.74) is 1.59. The number of aryl methyl sites for hydroxylation is 1. The Hall–Kier alpha value is -2.00. The van der Waals surface area contributed by atoms with E-state index in [4.69, 9.17) is 0 Å². The molecule has 0 unspecified atom stereocenters. The van der Waals surface area contributed by atoms with E-state index < -0.39 is 0 Å². The maximum atomic E-state index is 9.31. The lowest BCUT2D eigenvalue weighted by Gasteiger charge is -2.10. The van der Waals surface area contributed by atoms with E-state index in [0.717, 1.165) is 28.6 Å². The lowest BCUT2D eigenvalue weighted by Crippen LogP contribution is -2.08. The SMILES string of the molecule is CCSc1cccc(NCCc2ncn(C)n2)c1C#N. The van der Waals surface area contributed by atoms with Crippen LogP contribution in [-0.2, 0) is 13.5 Å². The lowest BCUT2D eigenvalue weighted by molar-refractivity contribution is 0.742. The van der Waals surface area contributed by atoms with Crippen molar-refractivity contribution in [3.05, 3.63) is 35.9 Å². The Bertz CT molecular complexity index is 614. The van der Waals surface area contributed by atoms with Crippen molar-refractivity contribution in [3.63, 3.8) is 0 Å². The number of rotatable bonds is 6. The summed E-state index contributed by atoms with van der Waals surface area (Å²) in [5, 5.41) is 16.8. The second kappa shape index (κ2) is 6.96. The van der Waals surface area contributed by atoms with Gasteiger partial charge < -0.3 is 5.32 Å². The van der Waals surface area contributed by atoms with E-state index in [1.165, 1.54) is 0 Å². The first-order valence-electron chi connectivity index (χ1n) is 6.49. The number of hydrogen-bond donors (Lipinski definition) is 1. The first-order chi connectivity index (χ1) is 9.74. The van der Waals surface area contributed by atoms with E-state index in [0.29, 0.717) is 12.1 Å². The zero-order valence-electron chi connectivity index (χ0n) is 11.6. The number of anilines is 1. The molecular weight excluding hydrogens is 270 g/mol. The van der Waals surface area contributed by atoms with Gasteiger partial charge in [-0.25, -0.2) is 4.98 Å². The molecule has 20 heavy (non-hydrogen) atoms. The maximum absolute atomic E-state index is 9.31. The third kappa shape index (κ3) is 3.52. The van der Waals surface area contributed by atoms with E-state index in [-0.39, 0.29) is 0 Å². The van der Waals surface area contributed by atoms with Crippen LogP contribution >= 0.6 is 11.8 Å². The highest BCUT2D eigenvalue weighted by atomic mass is 32.2. The number of thioether (sulfide) groups is 1. The largest absolute Gasteiger partial charge is 0.383 e. The highest BCUT2D eigenvalue weighted by Gasteiger charge is 2.08. The minimum absolute atomic E-state index is 0.707. The van der Waals surface area contributed by atoms with E-state index in [2.05, 4.69) is 28.4 Å². The standard InChI is InChI=1S/C14H17N5S/c1-3-20-13-6-4-5-12(11(13)9-15)16-8-7-14-17-10-19(2)18-14/h4-6,10,16H,3,7-8H2,1-2H3. The van der Waals surface area contributed by atoms with Crippen molar-refractivity contribution < 1.29 is 0 Å². The molecule has 0 radical (unpaired) electrons. The van der Waals surface area contributed by atoms with Crippen molar-refractivity contribution >= 4 is 17.4 Å². The molecule has 0 spiro atoms. The van der Waals surface area contributed by atoms with Gasteiger partial charge in [-0.1, -0.05) is 13.0 Å². The van der Waals surface area contributed by atoms with Crippen LogP contribution in [0.4, 0.5) is 5.69 Å². The number of nitrogens with one attached hydrogen (secondary N) is 1. The van der Waals surface area contributed by atoms with Gasteiger partial charge in [0.25, 0.3) is 0 Å². The molecule has 0 saturated heterocycles. The summed E-state index contributed by atoms with van der Waals surface area (Å²) in [6, 6.07) is 8.17. The maximum Gasteiger partial charge on any atom is 0.152 e. The second-order valence-corrected chi connectivity index (χ2v) is 5.54. The minimum Gasteiger partial charge on any atom is -0.383 e. The minimum atomic E-state index is 0.707. The van der Waals surface area contributed by atoms with E-state index in [1.807, 2.05) is 25.2 Å². The predicted molar refractivity (Wildman–Crippen MR) is 80.8 cm³/mol. The number of aromatic nitrogens is 3. The number of benzene rings is 1. The molecule has 2 rings (SSSR count). The molecule has 0 amide bonds. The Labute approximate surface area is 123 Å². The van der Waals surface area contributed by atoms with E-state index >= 15 is 0 Å². The van der Waals surface area contributed by atoms with Crippen LogP contribution < -0.4 is 5.32 Å². The average Bonchev–Trinajstić information content (AvgIpc) is 2.85.